The van der Waals surface area contributed by atoms with Crippen LogP contribution < -0.4 is 0 Å². The van der Waals surface area contributed by atoms with Crippen LogP contribution in [0.15, 0.2) is 18.5 Å². The molecule has 1 N–H and O–H groups in total. The highest BCUT2D eigenvalue weighted by Gasteiger charge is 2.21. The average molecular weight is 285 g/mol. The van der Waals surface area contributed by atoms with E-state index in [0.29, 0.717) is 24.5 Å². The van der Waals surface area contributed by atoms with Crippen LogP contribution in [0.4, 0.5) is 13.2 Å². The maximum atomic E-state index is 13.6. The Morgan fingerprint density at radius 2 is 1.90 bits per heavy atom. The first-order valence-corrected chi connectivity index (χ1v) is 6.22. The third-order valence-corrected chi connectivity index (χ3v) is 2.88. The van der Waals surface area contributed by atoms with Gasteiger partial charge in [0.2, 0.25) is 0 Å². The summed E-state index contributed by atoms with van der Waals surface area (Å²) >= 11 is 0. The number of hydrogen-bond acceptors (Lipinski definition) is 3. The molecule has 2 aromatic rings. The smallest absolute Gasteiger partial charge is 0.138 e. The van der Waals surface area contributed by atoms with Crippen LogP contribution in [0, 0.1) is 17.5 Å². The van der Waals surface area contributed by atoms with Gasteiger partial charge in [0, 0.05) is 25.1 Å². The standard InChI is InChI=1S/C13H14F3N3O/c1-2-3-19-12(17-7-18-19)6-11(20)13-9(15)4-8(14)5-10(13)16/h4-5,7,11,20H,2-3,6H2,1H3. The second kappa shape index (κ2) is 6.04. The number of nitrogens with zero attached hydrogens (tertiary/aromatic N) is 3. The largest absolute Gasteiger partial charge is 0.388 e. The van der Waals surface area contributed by atoms with Crippen molar-refractivity contribution in [2.45, 2.75) is 32.4 Å². The summed E-state index contributed by atoms with van der Waals surface area (Å²) in [5.41, 5.74) is -0.558. The predicted molar refractivity (Wildman–Crippen MR) is 65.3 cm³/mol. The van der Waals surface area contributed by atoms with Gasteiger partial charge in [0.05, 0.1) is 11.7 Å². The van der Waals surface area contributed by atoms with Gasteiger partial charge in [0.15, 0.2) is 0 Å². The van der Waals surface area contributed by atoms with E-state index in [1.54, 1.807) is 4.68 Å². The van der Waals surface area contributed by atoms with Crippen molar-refractivity contribution >= 4 is 0 Å². The Balaban J connectivity index is 2.24. The molecule has 4 nitrogen and oxygen atoms in total. The summed E-state index contributed by atoms with van der Waals surface area (Å²) < 4.78 is 41.5. The SMILES string of the molecule is CCCn1ncnc1CC(O)c1c(F)cc(F)cc1F. The minimum absolute atomic E-state index is 0.0977. The summed E-state index contributed by atoms with van der Waals surface area (Å²) in [6, 6.07) is 1.08. The van der Waals surface area contributed by atoms with E-state index in [1.165, 1.54) is 6.33 Å². The third-order valence-electron chi connectivity index (χ3n) is 2.88. The van der Waals surface area contributed by atoms with E-state index in [-0.39, 0.29) is 6.42 Å². The zero-order valence-electron chi connectivity index (χ0n) is 10.9. The first-order valence-electron chi connectivity index (χ1n) is 6.22. The highest BCUT2D eigenvalue weighted by atomic mass is 19.1. The van der Waals surface area contributed by atoms with Crippen molar-refractivity contribution in [2.24, 2.45) is 0 Å². The van der Waals surface area contributed by atoms with Crippen molar-refractivity contribution in [3.63, 3.8) is 0 Å². The molecule has 0 saturated heterocycles. The van der Waals surface area contributed by atoms with Gasteiger partial charge < -0.3 is 5.11 Å². The number of aliphatic hydroxyl groups excluding tert-OH is 1. The van der Waals surface area contributed by atoms with Gasteiger partial charge in [-0.3, -0.25) is 4.68 Å². The van der Waals surface area contributed by atoms with Gasteiger partial charge in [-0.2, -0.15) is 5.10 Å². The summed E-state index contributed by atoms with van der Waals surface area (Å²) in [5, 5.41) is 13.9. The van der Waals surface area contributed by atoms with Crippen molar-refractivity contribution in [3.8, 4) is 0 Å². The lowest BCUT2D eigenvalue weighted by atomic mass is 10.0. The lowest BCUT2D eigenvalue weighted by Gasteiger charge is -2.13. The van der Waals surface area contributed by atoms with Crippen LogP contribution in [0.5, 0.6) is 0 Å². The fraction of sp³-hybridized carbons (Fsp3) is 0.385. The molecule has 20 heavy (non-hydrogen) atoms. The van der Waals surface area contributed by atoms with Crippen LogP contribution in [-0.4, -0.2) is 19.9 Å². The molecule has 0 spiro atoms. The highest BCUT2D eigenvalue weighted by Crippen LogP contribution is 2.24. The highest BCUT2D eigenvalue weighted by molar-refractivity contribution is 5.23. The van der Waals surface area contributed by atoms with Gasteiger partial charge in [-0.15, -0.1) is 0 Å². The van der Waals surface area contributed by atoms with Crippen LogP contribution in [0.25, 0.3) is 0 Å². The molecule has 7 heteroatoms. The van der Waals surface area contributed by atoms with Gasteiger partial charge in [0.1, 0.15) is 29.6 Å². The van der Waals surface area contributed by atoms with Crippen LogP contribution in [-0.2, 0) is 13.0 Å². The molecule has 0 bridgehead atoms. The second-order valence-electron chi connectivity index (χ2n) is 4.40. The summed E-state index contributed by atoms with van der Waals surface area (Å²) in [4.78, 5) is 3.95. The summed E-state index contributed by atoms with van der Waals surface area (Å²) in [6.45, 7) is 2.54. The van der Waals surface area contributed by atoms with Gasteiger partial charge in [0.25, 0.3) is 0 Å². The fourth-order valence-corrected chi connectivity index (χ4v) is 1.99. The second-order valence-corrected chi connectivity index (χ2v) is 4.40. The molecule has 108 valence electrons. The fourth-order valence-electron chi connectivity index (χ4n) is 1.99. The number of halogens is 3. The Labute approximate surface area is 113 Å². The normalized spacial score (nSPS) is 12.7. The Morgan fingerprint density at radius 3 is 2.50 bits per heavy atom. The van der Waals surface area contributed by atoms with E-state index >= 15 is 0 Å². The molecule has 0 aliphatic rings. The maximum absolute atomic E-state index is 13.6. The Hall–Kier alpha value is -1.89. The quantitative estimate of drug-likeness (QED) is 0.917. The molecule has 2 rings (SSSR count). The lowest BCUT2D eigenvalue weighted by Crippen LogP contribution is -2.13. The van der Waals surface area contributed by atoms with E-state index < -0.39 is 29.1 Å². The molecule has 1 aromatic heterocycles. The van der Waals surface area contributed by atoms with Crippen molar-refractivity contribution in [1.82, 2.24) is 14.8 Å². The zero-order chi connectivity index (χ0) is 14.7. The van der Waals surface area contributed by atoms with Crippen molar-refractivity contribution in [1.29, 1.82) is 0 Å². The molecular weight excluding hydrogens is 271 g/mol. The third kappa shape index (κ3) is 2.98. The zero-order valence-corrected chi connectivity index (χ0v) is 10.9. The molecule has 0 aliphatic heterocycles. The molecular formula is C13H14F3N3O. The summed E-state index contributed by atoms with van der Waals surface area (Å²) in [6.07, 6.45) is 0.579. The summed E-state index contributed by atoms with van der Waals surface area (Å²) in [7, 11) is 0. The molecule has 1 atom stereocenters. The Bertz CT molecular complexity index is 577. The van der Waals surface area contributed by atoms with Gasteiger partial charge in [-0.05, 0) is 6.42 Å². The van der Waals surface area contributed by atoms with Gasteiger partial charge >= 0.3 is 0 Å². The van der Waals surface area contributed by atoms with Crippen molar-refractivity contribution in [2.75, 3.05) is 0 Å². The monoisotopic (exact) mass is 285 g/mol. The van der Waals surface area contributed by atoms with Gasteiger partial charge in [-0.25, -0.2) is 18.2 Å². The van der Waals surface area contributed by atoms with Crippen LogP contribution in [0.1, 0.15) is 30.8 Å². The number of aliphatic hydroxyl groups is 1. The van der Waals surface area contributed by atoms with Crippen molar-refractivity contribution < 1.29 is 18.3 Å². The molecule has 1 aromatic carbocycles. The average Bonchev–Trinajstić information content (AvgIpc) is 2.75. The Morgan fingerprint density at radius 1 is 1.25 bits per heavy atom. The van der Waals surface area contributed by atoms with E-state index in [4.69, 9.17) is 0 Å². The number of benzene rings is 1. The van der Waals surface area contributed by atoms with Crippen LogP contribution >= 0.6 is 0 Å². The van der Waals surface area contributed by atoms with E-state index in [0.717, 1.165) is 6.42 Å². The maximum Gasteiger partial charge on any atom is 0.138 e. The molecule has 1 unspecified atom stereocenters. The molecule has 0 saturated carbocycles. The predicted octanol–water partition coefficient (Wildman–Crippen LogP) is 2.38. The van der Waals surface area contributed by atoms with E-state index in [1.807, 2.05) is 6.92 Å². The first-order chi connectivity index (χ1) is 9.52. The van der Waals surface area contributed by atoms with Gasteiger partial charge in [-0.1, -0.05) is 6.92 Å². The van der Waals surface area contributed by atoms with E-state index in [9.17, 15) is 18.3 Å². The van der Waals surface area contributed by atoms with Crippen LogP contribution in [0.2, 0.25) is 0 Å². The minimum atomic E-state index is -1.45. The molecule has 0 radical (unpaired) electrons. The number of aromatic nitrogens is 3. The number of hydrogen-bond donors (Lipinski definition) is 1. The van der Waals surface area contributed by atoms with E-state index in [2.05, 4.69) is 10.1 Å². The number of aryl methyl sites for hydroxylation is 1. The first kappa shape index (κ1) is 14.5. The molecule has 0 fully saturated rings. The molecule has 1 heterocycles. The number of rotatable bonds is 5. The minimum Gasteiger partial charge on any atom is -0.388 e. The molecule has 0 amide bonds. The lowest BCUT2D eigenvalue weighted by molar-refractivity contribution is 0.163. The van der Waals surface area contributed by atoms with Crippen molar-refractivity contribution in [3.05, 3.63) is 47.3 Å². The van der Waals surface area contributed by atoms with Crippen LogP contribution in [0.3, 0.4) is 0 Å². The molecule has 0 aliphatic carbocycles. The summed E-state index contributed by atoms with van der Waals surface area (Å²) in [5.74, 6) is -2.83. The topological polar surface area (TPSA) is 50.9 Å². The Kier molecular flexibility index (Phi) is 4.39.